The molecule has 0 bridgehead atoms. The smallest absolute Gasteiger partial charge is 0.0496 e. The molecule has 1 unspecified atom stereocenters. The van der Waals surface area contributed by atoms with Crippen molar-refractivity contribution in [2.24, 2.45) is 5.73 Å². The van der Waals surface area contributed by atoms with E-state index in [1.54, 1.807) is 11.3 Å². The van der Waals surface area contributed by atoms with E-state index < -0.39 is 0 Å². The van der Waals surface area contributed by atoms with Crippen molar-refractivity contribution in [1.29, 1.82) is 0 Å². The predicted octanol–water partition coefficient (Wildman–Crippen LogP) is 4.61. The van der Waals surface area contributed by atoms with Crippen LogP contribution in [0.5, 0.6) is 0 Å². The van der Waals surface area contributed by atoms with Crippen LogP contribution in [0.4, 0.5) is 0 Å². The SMILES string of the molecule is Cc1ccccc1SCC(N)c1sccc1Br. The summed E-state index contributed by atoms with van der Waals surface area (Å²) in [5, 5.41) is 2.07. The van der Waals surface area contributed by atoms with Crippen LogP contribution in [0.2, 0.25) is 0 Å². The Morgan fingerprint density at radius 2 is 2.12 bits per heavy atom. The first-order valence-corrected chi connectivity index (χ1v) is 8.01. The van der Waals surface area contributed by atoms with E-state index in [0.29, 0.717) is 0 Å². The molecular formula is C13H14BrNS2. The van der Waals surface area contributed by atoms with Crippen LogP contribution in [0.3, 0.4) is 0 Å². The van der Waals surface area contributed by atoms with Gasteiger partial charge in [0.2, 0.25) is 0 Å². The molecule has 0 amide bonds. The summed E-state index contributed by atoms with van der Waals surface area (Å²) >= 11 is 7.06. The van der Waals surface area contributed by atoms with Crippen LogP contribution in [0.1, 0.15) is 16.5 Å². The molecule has 0 saturated carbocycles. The van der Waals surface area contributed by atoms with E-state index in [-0.39, 0.29) is 6.04 Å². The van der Waals surface area contributed by atoms with Gasteiger partial charge in [0.15, 0.2) is 0 Å². The zero-order valence-electron chi connectivity index (χ0n) is 9.52. The lowest BCUT2D eigenvalue weighted by molar-refractivity contribution is 0.847. The van der Waals surface area contributed by atoms with Crippen LogP contribution in [0, 0.1) is 6.92 Å². The van der Waals surface area contributed by atoms with Gasteiger partial charge in [-0.1, -0.05) is 18.2 Å². The molecule has 2 rings (SSSR count). The lowest BCUT2D eigenvalue weighted by Crippen LogP contribution is -2.11. The van der Waals surface area contributed by atoms with E-state index in [1.807, 2.05) is 11.8 Å². The second-order valence-corrected chi connectivity index (χ2v) is 6.68. The van der Waals surface area contributed by atoms with E-state index in [4.69, 9.17) is 5.73 Å². The summed E-state index contributed by atoms with van der Waals surface area (Å²) in [6.07, 6.45) is 0. The zero-order chi connectivity index (χ0) is 12.3. The van der Waals surface area contributed by atoms with Crippen LogP contribution < -0.4 is 5.73 Å². The fourth-order valence-electron chi connectivity index (χ4n) is 1.54. The van der Waals surface area contributed by atoms with Gasteiger partial charge in [0.05, 0.1) is 0 Å². The van der Waals surface area contributed by atoms with Gasteiger partial charge in [0, 0.05) is 26.0 Å². The molecule has 0 aliphatic rings. The molecule has 0 fully saturated rings. The fourth-order valence-corrected chi connectivity index (χ4v) is 4.32. The highest BCUT2D eigenvalue weighted by Crippen LogP contribution is 2.32. The largest absolute Gasteiger partial charge is 0.323 e. The Labute approximate surface area is 119 Å². The molecule has 90 valence electrons. The Morgan fingerprint density at radius 3 is 2.76 bits per heavy atom. The predicted molar refractivity (Wildman–Crippen MR) is 80.9 cm³/mol. The molecule has 2 N–H and O–H groups in total. The van der Waals surface area contributed by atoms with Crippen molar-refractivity contribution < 1.29 is 0 Å². The minimum absolute atomic E-state index is 0.0916. The van der Waals surface area contributed by atoms with E-state index in [0.717, 1.165) is 10.2 Å². The van der Waals surface area contributed by atoms with Crippen molar-refractivity contribution in [1.82, 2.24) is 0 Å². The molecule has 1 aromatic carbocycles. The van der Waals surface area contributed by atoms with Gasteiger partial charge in [0.25, 0.3) is 0 Å². The Kier molecular flexibility index (Phi) is 4.68. The lowest BCUT2D eigenvalue weighted by atomic mass is 10.2. The molecule has 1 atom stereocenters. The van der Waals surface area contributed by atoms with Gasteiger partial charge in [-0.3, -0.25) is 0 Å². The summed E-state index contributed by atoms with van der Waals surface area (Å²) in [6.45, 7) is 2.13. The number of hydrogen-bond donors (Lipinski definition) is 1. The van der Waals surface area contributed by atoms with E-state index in [2.05, 4.69) is 58.6 Å². The number of benzene rings is 1. The Hall–Kier alpha value is -0.290. The topological polar surface area (TPSA) is 26.0 Å². The monoisotopic (exact) mass is 327 g/mol. The average molecular weight is 328 g/mol. The summed E-state index contributed by atoms with van der Waals surface area (Å²) in [7, 11) is 0. The maximum atomic E-state index is 6.20. The van der Waals surface area contributed by atoms with E-state index in [1.165, 1.54) is 15.3 Å². The highest BCUT2D eigenvalue weighted by Gasteiger charge is 2.12. The van der Waals surface area contributed by atoms with Crippen LogP contribution in [0.15, 0.2) is 45.1 Å². The third-order valence-corrected chi connectivity index (χ3v) is 5.79. The lowest BCUT2D eigenvalue weighted by Gasteiger charge is -2.11. The van der Waals surface area contributed by atoms with Crippen LogP contribution >= 0.6 is 39.0 Å². The third kappa shape index (κ3) is 3.35. The number of aryl methyl sites for hydroxylation is 1. The van der Waals surface area contributed by atoms with Gasteiger partial charge in [-0.25, -0.2) is 0 Å². The molecular weight excluding hydrogens is 314 g/mol. The summed E-state index contributed by atoms with van der Waals surface area (Å²) in [5.74, 6) is 0.907. The summed E-state index contributed by atoms with van der Waals surface area (Å²) in [6, 6.07) is 10.6. The molecule has 0 aliphatic carbocycles. The number of rotatable bonds is 4. The molecule has 1 aromatic heterocycles. The Morgan fingerprint density at radius 1 is 1.35 bits per heavy atom. The molecule has 1 heterocycles. The third-order valence-electron chi connectivity index (χ3n) is 2.49. The highest BCUT2D eigenvalue weighted by atomic mass is 79.9. The van der Waals surface area contributed by atoms with E-state index in [9.17, 15) is 0 Å². The fraction of sp³-hybridized carbons (Fsp3) is 0.231. The number of hydrogen-bond acceptors (Lipinski definition) is 3. The first-order valence-electron chi connectivity index (χ1n) is 5.35. The van der Waals surface area contributed by atoms with Crippen molar-refractivity contribution in [2.75, 3.05) is 5.75 Å². The normalized spacial score (nSPS) is 12.6. The van der Waals surface area contributed by atoms with Gasteiger partial charge in [-0.2, -0.15) is 0 Å². The molecule has 0 spiro atoms. The second-order valence-electron chi connectivity index (χ2n) is 3.82. The maximum absolute atomic E-state index is 6.20. The molecule has 2 aromatic rings. The van der Waals surface area contributed by atoms with E-state index >= 15 is 0 Å². The second kappa shape index (κ2) is 6.05. The van der Waals surface area contributed by atoms with Crippen molar-refractivity contribution in [2.45, 2.75) is 17.9 Å². The maximum Gasteiger partial charge on any atom is 0.0496 e. The van der Waals surface area contributed by atoms with Gasteiger partial charge in [0.1, 0.15) is 0 Å². The molecule has 4 heteroatoms. The Bertz CT molecular complexity index is 496. The van der Waals surface area contributed by atoms with Crippen LogP contribution in [-0.4, -0.2) is 5.75 Å². The highest BCUT2D eigenvalue weighted by molar-refractivity contribution is 9.10. The summed E-state index contributed by atoms with van der Waals surface area (Å²) in [4.78, 5) is 2.54. The van der Waals surface area contributed by atoms with Gasteiger partial charge >= 0.3 is 0 Å². The quantitative estimate of drug-likeness (QED) is 0.830. The van der Waals surface area contributed by atoms with Gasteiger partial charge in [-0.05, 0) is 45.9 Å². The number of thioether (sulfide) groups is 1. The molecule has 0 radical (unpaired) electrons. The standard InChI is InChI=1S/C13H14BrNS2/c1-9-4-2-3-5-12(9)17-8-11(15)13-10(14)6-7-16-13/h2-7,11H,8,15H2,1H3. The number of halogens is 1. The molecule has 1 nitrogen and oxygen atoms in total. The van der Waals surface area contributed by atoms with Crippen molar-refractivity contribution in [3.05, 3.63) is 50.6 Å². The van der Waals surface area contributed by atoms with Gasteiger partial charge < -0.3 is 5.73 Å². The minimum atomic E-state index is 0.0916. The minimum Gasteiger partial charge on any atom is -0.323 e. The summed E-state index contributed by atoms with van der Waals surface area (Å²) < 4.78 is 1.13. The first kappa shape index (κ1) is 13.1. The van der Waals surface area contributed by atoms with Crippen molar-refractivity contribution >= 4 is 39.0 Å². The number of thiophene rings is 1. The molecule has 17 heavy (non-hydrogen) atoms. The van der Waals surface area contributed by atoms with Crippen LogP contribution in [-0.2, 0) is 0 Å². The zero-order valence-corrected chi connectivity index (χ0v) is 12.7. The van der Waals surface area contributed by atoms with Crippen LogP contribution in [0.25, 0.3) is 0 Å². The first-order chi connectivity index (χ1) is 8.18. The molecule has 0 aliphatic heterocycles. The molecule has 0 saturated heterocycles. The summed E-state index contributed by atoms with van der Waals surface area (Å²) in [5.41, 5.74) is 7.51. The number of nitrogens with two attached hydrogens (primary N) is 1. The van der Waals surface area contributed by atoms with Crippen molar-refractivity contribution in [3.63, 3.8) is 0 Å². The van der Waals surface area contributed by atoms with Crippen molar-refractivity contribution in [3.8, 4) is 0 Å². The van der Waals surface area contributed by atoms with Gasteiger partial charge in [-0.15, -0.1) is 23.1 Å². The average Bonchev–Trinajstić information content (AvgIpc) is 2.74. The Balaban J connectivity index is 2.00.